The van der Waals surface area contributed by atoms with Crippen molar-refractivity contribution in [1.29, 1.82) is 0 Å². The van der Waals surface area contributed by atoms with Crippen molar-refractivity contribution in [3.05, 3.63) is 18.2 Å². The Hall–Kier alpha value is -0.490. The number of rotatable bonds is 9. The maximum Gasteiger partial charge on any atom is 0.325 e. The van der Waals surface area contributed by atoms with Gasteiger partial charge in [-0.05, 0) is 41.9 Å². The van der Waals surface area contributed by atoms with Crippen molar-refractivity contribution in [3.8, 4) is 0 Å². The number of unbranched alkanes of at least 4 members (excludes halogenated alkanes) is 1. The Morgan fingerprint density at radius 2 is 1.41 bits per heavy atom. The van der Waals surface area contributed by atoms with Crippen LogP contribution in [0.4, 0.5) is 0 Å². The summed E-state index contributed by atoms with van der Waals surface area (Å²) >= 11 is 0. The van der Waals surface area contributed by atoms with E-state index in [2.05, 4.69) is 65.1 Å². The molecule has 1 aromatic rings. The van der Waals surface area contributed by atoms with E-state index in [0.29, 0.717) is 0 Å². The molecule has 8 nitrogen and oxygen atoms in total. The number of H-pyrrole nitrogens is 1. The highest BCUT2D eigenvalue weighted by atomic mass is 31.2. The normalized spacial score (nSPS) is 15.8. The maximum atomic E-state index is 10.6. The average molecular weight is 527 g/mol. The summed E-state index contributed by atoms with van der Waals surface area (Å²) in [5.74, 6) is 1.44. The zero-order valence-electron chi connectivity index (χ0n) is 23.2. The summed E-state index contributed by atoms with van der Waals surface area (Å²) in [6.07, 6.45) is 9.27. The predicted molar refractivity (Wildman–Crippen MR) is 139 cm³/mol. The molecule has 1 aromatic heterocycles. The first-order chi connectivity index (χ1) is 15.0. The van der Waals surface area contributed by atoms with Crippen LogP contribution in [-0.2, 0) is 22.6 Å². The van der Waals surface area contributed by atoms with Crippen LogP contribution in [0.15, 0.2) is 12.4 Å². The van der Waals surface area contributed by atoms with Gasteiger partial charge in [0, 0.05) is 12.6 Å². The minimum Gasteiger partial charge on any atom is -0.779 e. The Balaban J connectivity index is 0. The molecule has 34 heavy (non-hydrogen) atoms. The van der Waals surface area contributed by atoms with E-state index in [1.807, 2.05) is 26.2 Å². The number of aromatic nitrogens is 2. The number of aryl methyl sites for hydroxylation is 2. The second-order valence-corrected chi connectivity index (χ2v) is 15.4. The van der Waals surface area contributed by atoms with Gasteiger partial charge in [0.2, 0.25) is 0 Å². The van der Waals surface area contributed by atoms with Gasteiger partial charge in [-0.15, -0.1) is 0 Å². The highest BCUT2D eigenvalue weighted by molar-refractivity contribution is 7.51. The van der Waals surface area contributed by atoms with Crippen molar-refractivity contribution in [3.63, 3.8) is 0 Å². The van der Waals surface area contributed by atoms with E-state index < -0.39 is 15.2 Å². The lowest BCUT2D eigenvalue weighted by Gasteiger charge is -2.26. The van der Waals surface area contributed by atoms with Crippen molar-refractivity contribution in [1.82, 2.24) is 4.98 Å². The van der Waals surface area contributed by atoms with Gasteiger partial charge < -0.3 is 24.1 Å². The zero-order chi connectivity index (χ0) is 27.4. The van der Waals surface area contributed by atoms with Crippen LogP contribution >= 0.6 is 15.2 Å². The minimum absolute atomic E-state index is 0.00424. The quantitative estimate of drug-likeness (QED) is 0.263. The molecule has 0 spiro atoms. The molecule has 3 atom stereocenters. The lowest BCUT2D eigenvalue weighted by atomic mass is 9.86. The van der Waals surface area contributed by atoms with E-state index in [-0.39, 0.29) is 35.0 Å². The number of nitrogens with one attached hydrogen (secondary N) is 1. The molecule has 0 aliphatic heterocycles. The summed E-state index contributed by atoms with van der Waals surface area (Å²) in [5, 5.41) is 0. The Bertz CT molecular complexity index is 714. The average Bonchev–Trinajstić information content (AvgIpc) is 2.91. The van der Waals surface area contributed by atoms with Crippen molar-refractivity contribution in [2.45, 2.75) is 94.4 Å². The standard InChI is InChI=1S/C8H14N2.2C8H19O3P/c1-3-4-5-8-9-6-7-10(8)2;2*1-7(5-8(2,3)4)6-12(9,10)11/h6-7H,3-5H2,1-2H3;2*7H,5-6H2,1-4H3,(H2,9,10,11). The topological polar surface area (TPSA) is 138 Å². The molecule has 0 saturated heterocycles. The van der Waals surface area contributed by atoms with Crippen LogP contribution in [0, 0.1) is 22.7 Å². The number of aromatic amines is 1. The number of hydrogen-bond acceptors (Lipinski definition) is 3. The third kappa shape index (κ3) is 26.1. The van der Waals surface area contributed by atoms with E-state index in [4.69, 9.17) is 14.7 Å². The molecule has 4 N–H and O–H groups in total. The molecule has 3 unspecified atom stereocenters. The van der Waals surface area contributed by atoms with Crippen molar-refractivity contribution < 1.29 is 33.3 Å². The lowest BCUT2D eigenvalue weighted by molar-refractivity contribution is -0.677. The summed E-state index contributed by atoms with van der Waals surface area (Å²) in [5.41, 5.74) is 0.267. The van der Waals surface area contributed by atoms with Gasteiger partial charge in [-0.1, -0.05) is 68.7 Å². The first-order valence-electron chi connectivity index (χ1n) is 12.1. The number of imidazole rings is 1. The van der Waals surface area contributed by atoms with Crippen LogP contribution in [0.1, 0.15) is 93.8 Å². The molecule has 0 aliphatic rings. The van der Waals surface area contributed by atoms with Gasteiger partial charge in [-0.25, -0.2) is 9.55 Å². The molecular weight excluding hydrogens is 474 g/mol. The highest BCUT2D eigenvalue weighted by Crippen LogP contribution is 2.39. The fourth-order valence-corrected chi connectivity index (χ4v) is 5.91. The summed E-state index contributed by atoms with van der Waals surface area (Å²) in [6.45, 7) is 18.3. The first-order valence-corrected chi connectivity index (χ1v) is 15.7. The van der Waals surface area contributed by atoms with Crippen molar-refractivity contribution in [2.75, 3.05) is 12.3 Å². The molecule has 10 heteroatoms. The third-order valence-electron chi connectivity index (χ3n) is 4.75. The van der Waals surface area contributed by atoms with Gasteiger partial charge in [-0.3, -0.25) is 4.57 Å². The molecule has 0 bridgehead atoms. The SMILES string of the molecule is CC(CC(C)(C)C)CP(=O)(O)O.CC(CC(C)(C)C)CP(=O)([O-])O.CCCCc1[nH]cc[n+]1C. The van der Waals surface area contributed by atoms with Gasteiger partial charge in [0.05, 0.1) is 13.2 Å². The molecule has 0 saturated carbocycles. The van der Waals surface area contributed by atoms with Crippen LogP contribution in [-0.4, -0.2) is 32.0 Å². The maximum absolute atomic E-state index is 10.6. The number of hydrogen-bond donors (Lipinski definition) is 4. The largest absolute Gasteiger partial charge is 0.779 e. The number of nitrogens with zero attached hydrogens (tertiary/aromatic N) is 1. The van der Waals surface area contributed by atoms with Crippen LogP contribution in [0.5, 0.6) is 0 Å². The van der Waals surface area contributed by atoms with E-state index in [1.54, 1.807) is 0 Å². The molecule has 204 valence electrons. The summed E-state index contributed by atoms with van der Waals surface area (Å²) < 4.78 is 23.3. The molecule has 1 rings (SSSR count). The molecule has 0 fully saturated rings. The van der Waals surface area contributed by atoms with Crippen LogP contribution < -0.4 is 9.46 Å². The second kappa shape index (κ2) is 15.6. The Morgan fingerprint density at radius 3 is 1.71 bits per heavy atom. The van der Waals surface area contributed by atoms with Gasteiger partial charge in [-0.2, -0.15) is 0 Å². The van der Waals surface area contributed by atoms with Crippen molar-refractivity contribution >= 4 is 15.2 Å². The van der Waals surface area contributed by atoms with Gasteiger partial charge >= 0.3 is 7.60 Å². The van der Waals surface area contributed by atoms with Crippen LogP contribution in [0.25, 0.3) is 0 Å². The molecule has 0 radical (unpaired) electrons. The molecule has 0 aliphatic carbocycles. The fourth-order valence-electron chi connectivity index (χ4n) is 4.05. The lowest BCUT2D eigenvalue weighted by Crippen LogP contribution is -2.30. The molecular formula is C24H52N2O6P2. The highest BCUT2D eigenvalue weighted by Gasteiger charge is 2.22. The van der Waals surface area contributed by atoms with Crippen LogP contribution in [0.2, 0.25) is 0 Å². The molecule has 0 amide bonds. The summed E-state index contributed by atoms with van der Waals surface area (Å²) in [7, 11) is -5.79. The zero-order valence-corrected chi connectivity index (χ0v) is 25.0. The molecule has 1 heterocycles. The van der Waals surface area contributed by atoms with E-state index in [9.17, 15) is 14.0 Å². The minimum atomic E-state index is -4.06. The first kappa shape index (κ1) is 35.7. The Kier molecular flexibility index (Phi) is 16.4. The van der Waals surface area contributed by atoms with E-state index in [1.165, 1.54) is 25.1 Å². The molecule has 0 aromatic carbocycles. The van der Waals surface area contributed by atoms with Gasteiger partial charge in [0.25, 0.3) is 5.82 Å². The Morgan fingerprint density at radius 1 is 0.971 bits per heavy atom. The smallest absolute Gasteiger partial charge is 0.325 e. The van der Waals surface area contributed by atoms with E-state index in [0.717, 1.165) is 12.8 Å². The summed E-state index contributed by atoms with van der Waals surface area (Å²) in [4.78, 5) is 39.7. The fraction of sp³-hybridized carbons (Fsp3) is 0.875. The predicted octanol–water partition coefficient (Wildman–Crippen LogP) is 5.02. The summed E-state index contributed by atoms with van der Waals surface area (Å²) in [6, 6.07) is 0. The van der Waals surface area contributed by atoms with E-state index >= 15 is 0 Å². The third-order valence-corrected chi connectivity index (χ3v) is 6.94. The van der Waals surface area contributed by atoms with Gasteiger partial charge in [0.1, 0.15) is 20.0 Å². The second-order valence-electron chi connectivity index (χ2n) is 12.0. The monoisotopic (exact) mass is 526 g/mol. The van der Waals surface area contributed by atoms with Gasteiger partial charge in [0.15, 0.2) is 0 Å². The van der Waals surface area contributed by atoms with Crippen molar-refractivity contribution in [2.24, 2.45) is 29.7 Å². The van der Waals surface area contributed by atoms with Crippen LogP contribution in [0.3, 0.4) is 0 Å². The Labute approximate surface area is 208 Å².